The average Bonchev–Trinajstić information content (AvgIpc) is 3.12. The Labute approximate surface area is 143 Å². The zero-order chi connectivity index (χ0) is 17.6. The molecule has 0 fully saturated rings. The highest BCUT2D eigenvalue weighted by Crippen LogP contribution is 2.10. The molecule has 1 heterocycles. The Balaban J connectivity index is 1.61. The molecule has 0 atom stereocenters. The molecule has 2 N–H and O–H groups in total. The molecule has 0 spiro atoms. The Kier molecular flexibility index (Phi) is 4.84. The first-order chi connectivity index (χ1) is 12.1. The Morgan fingerprint density at radius 3 is 2.44 bits per heavy atom. The van der Waals surface area contributed by atoms with Crippen LogP contribution in [0.2, 0.25) is 0 Å². The third-order valence-corrected chi connectivity index (χ3v) is 3.50. The largest absolute Gasteiger partial charge is 0.295 e. The van der Waals surface area contributed by atoms with E-state index in [1.54, 1.807) is 4.57 Å². The van der Waals surface area contributed by atoms with Crippen molar-refractivity contribution in [2.45, 2.75) is 6.42 Å². The van der Waals surface area contributed by atoms with E-state index < -0.39 is 11.8 Å². The van der Waals surface area contributed by atoms with E-state index in [-0.39, 0.29) is 17.9 Å². The maximum absolute atomic E-state index is 12.8. The summed E-state index contributed by atoms with van der Waals surface area (Å²) >= 11 is 0. The normalized spacial score (nSPS) is 10.3. The number of hydrazine groups is 1. The third kappa shape index (κ3) is 4.08. The van der Waals surface area contributed by atoms with Gasteiger partial charge in [-0.3, -0.25) is 25.0 Å². The molecule has 0 bridgehead atoms. The van der Waals surface area contributed by atoms with Gasteiger partial charge in [-0.25, -0.2) is 9.37 Å². The van der Waals surface area contributed by atoms with E-state index in [1.807, 2.05) is 30.3 Å². The molecule has 7 heteroatoms. The van der Waals surface area contributed by atoms with Gasteiger partial charge in [-0.2, -0.15) is 0 Å². The van der Waals surface area contributed by atoms with E-state index >= 15 is 0 Å². The first-order valence-electron chi connectivity index (χ1n) is 7.55. The van der Waals surface area contributed by atoms with Crippen LogP contribution in [-0.2, 0) is 11.2 Å². The van der Waals surface area contributed by atoms with Crippen LogP contribution in [0.4, 0.5) is 4.39 Å². The molecule has 1 aromatic heterocycles. The van der Waals surface area contributed by atoms with Crippen LogP contribution in [0.5, 0.6) is 0 Å². The Morgan fingerprint density at radius 1 is 1.00 bits per heavy atom. The summed E-state index contributed by atoms with van der Waals surface area (Å²) in [6, 6.07) is 14.8. The van der Waals surface area contributed by atoms with Crippen LogP contribution in [0, 0.1) is 5.82 Å². The lowest BCUT2D eigenvalue weighted by molar-refractivity contribution is -0.121. The topological polar surface area (TPSA) is 76.0 Å². The number of rotatable bonds is 4. The second-order valence-corrected chi connectivity index (χ2v) is 5.29. The number of para-hydroxylation sites is 1. The number of halogens is 1. The van der Waals surface area contributed by atoms with E-state index in [9.17, 15) is 14.0 Å². The fourth-order valence-corrected chi connectivity index (χ4v) is 2.28. The highest BCUT2D eigenvalue weighted by Gasteiger charge is 2.14. The van der Waals surface area contributed by atoms with Gasteiger partial charge in [0.1, 0.15) is 11.5 Å². The van der Waals surface area contributed by atoms with Crippen molar-refractivity contribution >= 4 is 11.8 Å². The highest BCUT2D eigenvalue weighted by atomic mass is 19.1. The number of aromatic nitrogens is 2. The van der Waals surface area contributed by atoms with Gasteiger partial charge in [0, 0.05) is 5.69 Å². The lowest BCUT2D eigenvalue weighted by Gasteiger charge is -2.10. The van der Waals surface area contributed by atoms with Crippen LogP contribution in [-0.4, -0.2) is 21.4 Å². The lowest BCUT2D eigenvalue weighted by atomic mass is 10.1. The molecular formula is C18H15FN4O2. The zero-order valence-electron chi connectivity index (χ0n) is 13.1. The van der Waals surface area contributed by atoms with Crippen molar-refractivity contribution in [1.82, 2.24) is 20.4 Å². The number of benzene rings is 2. The molecule has 3 aromatic rings. The van der Waals surface area contributed by atoms with E-state index in [4.69, 9.17) is 0 Å². The summed E-state index contributed by atoms with van der Waals surface area (Å²) in [5, 5.41) is 0. The highest BCUT2D eigenvalue weighted by molar-refractivity contribution is 5.94. The Morgan fingerprint density at radius 2 is 1.72 bits per heavy atom. The predicted octanol–water partition coefficient (Wildman–Crippen LogP) is 2.02. The number of nitrogens with zero attached hydrogens (tertiary/aromatic N) is 2. The summed E-state index contributed by atoms with van der Waals surface area (Å²) in [4.78, 5) is 28.1. The van der Waals surface area contributed by atoms with Crippen molar-refractivity contribution < 1.29 is 14.0 Å². The first kappa shape index (κ1) is 16.4. The second kappa shape index (κ2) is 7.39. The first-order valence-corrected chi connectivity index (χ1v) is 7.55. The van der Waals surface area contributed by atoms with Gasteiger partial charge in [-0.1, -0.05) is 30.3 Å². The fraction of sp³-hybridized carbons (Fsp3) is 0.0556. The average molecular weight is 338 g/mol. The van der Waals surface area contributed by atoms with Crippen LogP contribution in [0.15, 0.2) is 67.1 Å². The minimum absolute atomic E-state index is 0.0263. The van der Waals surface area contributed by atoms with Crippen molar-refractivity contribution in [3.63, 3.8) is 0 Å². The van der Waals surface area contributed by atoms with E-state index in [0.717, 1.165) is 5.69 Å². The quantitative estimate of drug-likeness (QED) is 0.715. The van der Waals surface area contributed by atoms with Crippen molar-refractivity contribution in [2.75, 3.05) is 0 Å². The van der Waals surface area contributed by atoms with Crippen LogP contribution in [0.3, 0.4) is 0 Å². The van der Waals surface area contributed by atoms with Crippen LogP contribution < -0.4 is 10.9 Å². The summed E-state index contributed by atoms with van der Waals surface area (Å²) in [5.41, 5.74) is 6.40. The molecule has 6 nitrogen and oxygen atoms in total. The van der Waals surface area contributed by atoms with E-state index in [1.165, 1.54) is 36.8 Å². The maximum Gasteiger partial charge on any atom is 0.288 e. The molecule has 0 aliphatic carbocycles. The van der Waals surface area contributed by atoms with E-state index in [2.05, 4.69) is 15.8 Å². The third-order valence-electron chi connectivity index (χ3n) is 3.50. The van der Waals surface area contributed by atoms with Crippen LogP contribution in [0.1, 0.15) is 16.1 Å². The molecule has 0 aliphatic heterocycles. The molecule has 0 radical (unpaired) electrons. The van der Waals surface area contributed by atoms with Gasteiger partial charge in [0.25, 0.3) is 5.91 Å². The van der Waals surface area contributed by atoms with Crippen LogP contribution in [0.25, 0.3) is 5.69 Å². The monoisotopic (exact) mass is 338 g/mol. The minimum atomic E-state index is -0.492. The van der Waals surface area contributed by atoms with Gasteiger partial charge in [0.05, 0.1) is 18.9 Å². The smallest absolute Gasteiger partial charge is 0.288 e. The van der Waals surface area contributed by atoms with Gasteiger partial charge < -0.3 is 0 Å². The zero-order valence-corrected chi connectivity index (χ0v) is 13.1. The molecule has 126 valence electrons. The maximum atomic E-state index is 12.8. The molecular weight excluding hydrogens is 323 g/mol. The fourth-order valence-electron chi connectivity index (χ4n) is 2.28. The van der Waals surface area contributed by atoms with Gasteiger partial charge in [0.15, 0.2) is 0 Å². The minimum Gasteiger partial charge on any atom is -0.295 e. The van der Waals surface area contributed by atoms with Gasteiger partial charge in [-0.05, 0) is 29.8 Å². The number of nitrogens with one attached hydrogen (secondary N) is 2. The predicted molar refractivity (Wildman–Crippen MR) is 89.3 cm³/mol. The lowest BCUT2D eigenvalue weighted by Crippen LogP contribution is -2.43. The molecule has 0 aliphatic rings. The molecule has 2 amide bonds. The molecule has 2 aromatic carbocycles. The van der Waals surface area contributed by atoms with Crippen molar-refractivity contribution in [3.8, 4) is 5.69 Å². The number of carbonyl (C=O) groups is 2. The van der Waals surface area contributed by atoms with Crippen LogP contribution >= 0.6 is 0 Å². The summed E-state index contributed by atoms with van der Waals surface area (Å²) in [7, 11) is 0. The van der Waals surface area contributed by atoms with E-state index in [0.29, 0.717) is 5.56 Å². The SMILES string of the molecule is O=C(Cc1ccc(F)cc1)NNC(=O)c1cncn1-c1ccccc1. The van der Waals surface area contributed by atoms with Crippen molar-refractivity contribution in [2.24, 2.45) is 0 Å². The molecule has 0 saturated carbocycles. The summed E-state index contributed by atoms with van der Waals surface area (Å²) in [5.74, 6) is -1.27. The van der Waals surface area contributed by atoms with Crippen molar-refractivity contribution in [3.05, 3.63) is 84.2 Å². The Hall–Kier alpha value is -3.48. The van der Waals surface area contributed by atoms with Gasteiger partial charge in [0.2, 0.25) is 5.91 Å². The summed E-state index contributed by atoms with van der Waals surface area (Å²) in [6.07, 6.45) is 2.96. The second-order valence-electron chi connectivity index (χ2n) is 5.29. The number of imidazole rings is 1. The number of amides is 2. The molecule has 3 rings (SSSR count). The van der Waals surface area contributed by atoms with Crippen molar-refractivity contribution in [1.29, 1.82) is 0 Å². The Bertz CT molecular complexity index is 876. The summed E-state index contributed by atoms with van der Waals surface area (Å²) in [6.45, 7) is 0. The standard InChI is InChI=1S/C18H15FN4O2/c19-14-8-6-13(7-9-14)10-17(24)21-22-18(25)16-11-20-12-23(16)15-4-2-1-3-5-15/h1-9,11-12H,10H2,(H,21,24)(H,22,25). The number of hydrogen-bond acceptors (Lipinski definition) is 3. The number of carbonyl (C=O) groups excluding carboxylic acids is 2. The molecule has 0 unspecified atom stereocenters. The van der Waals surface area contributed by atoms with Gasteiger partial charge >= 0.3 is 0 Å². The number of hydrogen-bond donors (Lipinski definition) is 2. The summed E-state index contributed by atoms with van der Waals surface area (Å²) < 4.78 is 14.5. The van der Waals surface area contributed by atoms with Gasteiger partial charge in [-0.15, -0.1) is 0 Å². The molecule has 25 heavy (non-hydrogen) atoms. The molecule has 0 saturated heterocycles.